The van der Waals surface area contributed by atoms with Crippen molar-refractivity contribution in [1.82, 2.24) is 10.2 Å². The largest absolute Gasteiger partial charge is 0.479 e. The molecule has 2 fully saturated rings. The first-order chi connectivity index (χ1) is 9.59. The lowest BCUT2D eigenvalue weighted by atomic mass is 9.78. The summed E-state index contributed by atoms with van der Waals surface area (Å²) in [4.78, 5) is 25.4. The third-order valence-electron chi connectivity index (χ3n) is 4.06. The normalized spacial score (nSPS) is 26.2. The van der Waals surface area contributed by atoms with Crippen molar-refractivity contribution < 1.29 is 24.2 Å². The average Bonchev–Trinajstić information content (AvgIpc) is 2.48. The van der Waals surface area contributed by atoms with Crippen LogP contribution in [0.5, 0.6) is 0 Å². The monoisotopic (exact) mass is 286 g/mol. The molecular weight excluding hydrogens is 264 g/mol. The van der Waals surface area contributed by atoms with Gasteiger partial charge in [-0.2, -0.15) is 0 Å². The Hall–Kier alpha value is -1.18. The number of carbonyl (C=O) groups is 2. The first-order valence-corrected chi connectivity index (χ1v) is 6.92. The van der Waals surface area contributed by atoms with E-state index in [1.165, 1.54) is 0 Å². The zero-order chi connectivity index (χ0) is 14.6. The molecule has 7 nitrogen and oxygen atoms in total. The van der Waals surface area contributed by atoms with Gasteiger partial charge in [0.05, 0.1) is 25.2 Å². The van der Waals surface area contributed by atoms with E-state index in [4.69, 9.17) is 14.6 Å². The molecule has 1 unspecified atom stereocenters. The van der Waals surface area contributed by atoms with Gasteiger partial charge in [0.1, 0.15) is 0 Å². The highest BCUT2D eigenvalue weighted by Crippen LogP contribution is 2.32. The molecule has 2 heterocycles. The zero-order valence-corrected chi connectivity index (χ0v) is 11.8. The van der Waals surface area contributed by atoms with Crippen LogP contribution in [0.1, 0.15) is 12.8 Å². The van der Waals surface area contributed by atoms with Gasteiger partial charge in [0.15, 0.2) is 6.10 Å². The minimum absolute atomic E-state index is 0.00426. The lowest BCUT2D eigenvalue weighted by Gasteiger charge is -2.41. The van der Waals surface area contributed by atoms with Gasteiger partial charge in [0, 0.05) is 13.7 Å². The number of carbonyl (C=O) groups excluding carboxylic acids is 1. The number of rotatable bonds is 4. The number of methoxy groups -OCH3 is 1. The molecule has 0 bridgehead atoms. The van der Waals surface area contributed by atoms with Gasteiger partial charge in [-0.15, -0.1) is 0 Å². The van der Waals surface area contributed by atoms with Crippen molar-refractivity contribution in [2.24, 2.45) is 5.41 Å². The highest BCUT2D eigenvalue weighted by molar-refractivity contribution is 5.84. The number of carboxylic acid groups (broad SMARTS) is 1. The molecule has 2 saturated heterocycles. The molecule has 2 N–H and O–H groups in total. The van der Waals surface area contributed by atoms with Gasteiger partial charge in [-0.05, 0) is 25.9 Å². The second kappa shape index (κ2) is 6.51. The van der Waals surface area contributed by atoms with Crippen LogP contribution in [0.25, 0.3) is 0 Å². The smallest absolute Gasteiger partial charge is 0.334 e. The molecule has 0 spiro atoms. The molecule has 20 heavy (non-hydrogen) atoms. The Morgan fingerprint density at radius 3 is 2.75 bits per heavy atom. The first kappa shape index (κ1) is 15.2. The van der Waals surface area contributed by atoms with Gasteiger partial charge in [-0.25, -0.2) is 4.79 Å². The number of nitrogens with zero attached hydrogens (tertiary/aromatic N) is 1. The molecule has 0 aromatic rings. The minimum Gasteiger partial charge on any atom is -0.479 e. The average molecular weight is 286 g/mol. The summed E-state index contributed by atoms with van der Waals surface area (Å²) in [5.41, 5.74) is -0.527. The van der Waals surface area contributed by atoms with Crippen LogP contribution in [0.4, 0.5) is 0 Å². The molecule has 2 aliphatic heterocycles. The molecule has 1 amide bonds. The van der Waals surface area contributed by atoms with E-state index in [-0.39, 0.29) is 19.1 Å². The highest BCUT2D eigenvalue weighted by Gasteiger charge is 2.44. The van der Waals surface area contributed by atoms with E-state index in [2.05, 4.69) is 5.32 Å². The quantitative estimate of drug-likeness (QED) is 0.711. The van der Waals surface area contributed by atoms with Crippen LogP contribution in [0.15, 0.2) is 0 Å². The maximum atomic E-state index is 12.8. The number of morpholine rings is 1. The molecule has 1 atom stereocenters. The van der Waals surface area contributed by atoms with Crippen molar-refractivity contribution >= 4 is 11.9 Å². The van der Waals surface area contributed by atoms with Crippen LogP contribution >= 0.6 is 0 Å². The number of hydrogen-bond donors (Lipinski definition) is 2. The number of nitrogens with one attached hydrogen (secondary N) is 1. The summed E-state index contributed by atoms with van der Waals surface area (Å²) >= 11 is 0. The fourth-order valence-corrected chi connectivity index (χ4v) is 2.92. The molecule has 0 aliphatic carbocycles. The van der Waals surface area contributed by atoms with E-state index < -0.39 is 17.5 Å². The minimum atomic E-state index is -1.02. The summed E-state index contributed by atoms with van der Waals surface area (Å²) in [5, 5.41) is 12.3. The number of carboxylic acids is 1. The molecule has 0 radical (unpaired) electrons. The van der Waals surface area contributed by atoms with Crippen molar-refractivity contribution in [2.45, 2.75) is 18.9 Å². The van der Waals surface area contributed by atoms with Crippen molar-refractivity contribution in [1.29, 1.82) is 0 Å². The van der Waals surface area contributed by atoms with E-state index in [0.717, 1.165) is 25.9 Å². The first-order valence-electron chi connectivity index (χ1n) is 6.92. The summed E-state index contributed by atoms with van der Waals surface area (Å²) in [6, 6.07) is 0. The van der Waals surface area contributed by atoms with Crippen LogP contribution in [-0.2, 0) is 19.1 Å². The predicted molar refractivity (Wildman–Crippen MR) is 70.4 cm³/mol. The second-order valence-corrected chi connectivity index (χ2v) is 5.41. The molecule has 2 rings (SSSR count). The summed E-state index contributed by atoms with van der Waals surface area (Å²) in [6.45, 7) is 2.77. The number of hydrogen-bond acceptors (Lipinski definition) is 5. The predicted octanol–water partition coefficient (Wildman–Crippen LogP) is -0.685. The van der Waals surface area contributed by atoms with Gasteiger partial charge < -0.3 is 24.8 Å². The molecule has 0 aromatic heterocycles. The Morgan fingerprint density at radius 2 is 2.15 bits per heavy atom. The van der Waals surface area contributed by atoms with Crippen LogP contribution in [0.2, 0.25) is 0 Å². The second-order valence-electron chi connectivity index (χ2n) is 5.41. The van der Waals surface area contributed by atoms with Crippen molar-refractivity contribution in [3.8, 4) is 0 Å². The van der Waals surface area contributed by atoms with Gasteiger partial charge >= 0.3 is 5.97 Å². The summed E-state index contributed by atoms with van der Waals surface area (Å²) < 4.78 is 10.4. The zero-order valence-electron chi connectivity index (χ0n) is 11.8. The molecule has 0 saturated carbocycles. The van der Waals surface area contributed by atoms with Crippen LogP contribution in [-0.4, -0.2) is 74.5 Å². The standard InChI is InChI=1S/C13H22N2O5/c1-19-9-13(2-4-14-5-3-13)12(18)15-6-7-20-10(8-15)11(16)17/h10,14H,2-9H2,1H3,(H,16,17). The third-order valence-corrected chi connectivity index (χ3v) is 4.06. The Kier molecular flexibility index (Phi) is 4.95. The lowest BCUT2D eigenvalue weighted by molar-refractivity contribution is -0.165. The highest BCUT2D eigenvalue weighted by atomic mass is 16.5. The summed E-state index contributed by atoms with van der Waals surface area (Å²) in [6.07, 6.45) is 0.512. The Balaban J connectivity index is 2.08. The Labute approximate surface area is 118 Å². The number of ether oxygens (including phenoxy) is 2. The molecule has 2 aliphatic rings. The maximum Gasteiger partial charge on any atom is 0.334 e. The van der Waals surface area contributed by atoms with E-state index in [9.17, 15) is 9.59 Å². The maximum absolute atomic E-state index is 12.8. The fourth-order valence-electron chi connectivity index (χ4n) is 2.92. The summed E-state index contributed by atoms with van der Waals surface area (Å²) in [7, 11) is 1.59. The molecule has 7 heteroatoms. The third kappa shape index (κ3) is 3.11. The van der Waals surface area contributed by atoms with Crippen LogP contribution in [0, 0.1) is 5.41 Å². The topological polar surface area (TPSA) is 88.1 Å². The van der Waals surface area contributed by atoms with Crippen molar-refractivity contribution in [3.05, 3.63) is 0 Å². The molecule has 114 valence electrons. The lowest BCUT2D eigenvalue weighted by Crippen LogP contribution is -2.56. The molecular formula is C13H22N2O5. The van der Waals surface area contributed by atoms with Crippen LogP contribution in [0.3, 0.4) is 0 Å². The van der Waals surface area contributed by atoms with Crippen LogP contribution < -0.4 is 5.32 Å². The van der Waals surface area contributed by atoms with E-state index >= 15 is 0 Å². The van der Waals surface area contributed by atoms with Gasteiger partial charge in [-0.3, -0.25) is 4.79 Å². The van der Waals surface area contributed by atoms with Crippen molar-refractivity contribution in [3.63, 3.8) is 0 Å². The van der Waals surface area contributed by atoms with E-state index in [0.29, 0.717) is 13.2 Å². The number of amides is 1. The van der Waals surface area contributed by atoms with Gasteiger partial charge in [0.25, 0.3) is 0 Å². The number of piperidine rings is 1. The Morgan fingerprint density at radius 1 is 1.45 bits per heavy atom. The van der Waals surface area contributed by atoms with Crippen molar-refractivity contribution in [2.75, 3.05) is 46.5 Å². The number of aliphatic carboxylic acids is 1. The van der Waals surface area contributed by atoms with Gasteiger partial charge in [-0.1, -0.05) is 0 Å². The SMILES string of the molecule is COCC1(C(=O)N2CCOC(C(=O)O)C2)CCNCC1. The van der Waals surface area contributed by atoms with Gasteiger partial charge in [0.2, 0.25) is 5.91 Å². The Bertz CT molecular complexity index is 362. The van der Waals surface area contributed by atoms with E-state index in [1.54, 1.807) is 12.0 Å². The fraction of sp³-hybridized carbons (Fsp3) is 0.846. The molecule has 0 aromatic carbocycles. The van der Waals surface area contributed by atoms with E-state index in [1.807, 2.05) is 0 Å². The summed E-state index contributed by atoms with van der Waals surface area (Å²) in [5.74, 6) is -1.02.